The van der Waals surface area contributed by atoms with Crippen LogP contribution in [0.15, 0.2) is 76.4 Å². The summed E-state index contributed by atoms with van der Waals surface area (Å²) in [6.07, 6.45) is 0. The minimum atomic E-state index is -5.32. The van der Waals surface area contributed by atoms with Crippen LogP contribution in [0.3, 0.4) is 0 Å². The standard InChI is InChI=1S/C24H26N6O20S6/c1-12-19(24(31)32)22(29-27-15-4-3-14(11-17(15)54(38,39)40)53(36,37)9-7-48-56(44,45)46)21(26)23(20(12)25)30-28-16-5-2-13(10-18(16)55(41,42)43)52(34,35)8-6-47-51-50-49-33/h2-5,10-11,33H,6-9,25-26H2,1H3,(H,31,32)(H,38,39,40)(H,41,42,43)(H,44,45,46). The molecule has 0 saturated carbocycles. The number of hydrogen-bond donors (Lipinski definition) is 7. The Morgan fingerprint density at radius 1 is 0.714 bits per heavy atom. The largest absolute Gasteiger partial charge is 0.478 e. The molecule has 9 N–H and O–H groups in total. The van der Waals surface area contributed by atoms with Crippen LogP contribution in [0.1, 0.15) is 15.9 Å². The number of nitrogen functional groups attached to an aromatic ring is 2. The third-order valence-corrected chi connectivity index (χ3v) is 12.7. The first-order valence-corrected chi connectivity index (χ1v) is 22.3. The maximum Gasteiger partial charge on any atom is 0.397 e. The summed E-state index contributed by atoms with van der Waals surface area (Å²) in [7, 11) is -24.4. The molecule has 0 aliphatic rings. The fraction of sp³-hybridized carbons (Fsp3) is 0.208. The lowest BCUT2D eigenvalue weighted by Gasteiger charge is -2.14. The zero-order chi connectivity index (χ0) is 42.4. The highest BCUT2D eigenvalue weighted by atomic mass is 32.3. The van der Waals surface area contributed by atoms with Gasteiger partial charge in [-0.1, -0.05) is 5.04 Å². The maximum absolute atomic E-state index is 12.7. The Morgan fingerprint density at radius 2 is 1.18 bits per heavy atom. The van der Waals surface area contributed by atoms with Gasteiger partial charge in [0.05, 0.1) is 51.4 Å². The van der Waals surface area contributed by atoms with Gasteiger partial charge >= 0.3 is 16.4 Å². The number of carboxylic acids is 1. The first kappa shape index (κ1) is 46.1. The molecule has 0 heterocycles. The average molecular weight is 911 g/mol. The molecule has 308 valence electrons. The van der Waals surface area contributed by atoms with Crippen molar-refractivity contribution in [3.63, 3.8) is 0 Å². The van der Waals surface area contributed by atoms with Gasteiger partial charge in [0, 0.05) is 0 Å². The summed E-state index contributed by atoms with van der Waals surface area (Å²) in [5.41, 5.74) is 7.09. The van der Waals surface area contributed by atoms with Crippen molar-refractivity contribution in [2.75, 3.05) is 36.2 Å². The smallest absolute Gasteiger partial charge is 0.397 e. The fourth-order valence-corrected chi connectivity index (χ4v) is 8.60. The number of carbonyl (C=O) groups is 1. The molecule has 0 aliphatic carbocycles. The molecule has 0 amide bonds. The molecule has 0 aliphatic heterocycles. The van der Waals surface area contributed by atoms with Crippen molar-refractivity contribution in [3.8, 4) is 0 Å². The average Bonchev–Trinajstić information content (AvgIpc) is 3.07. The Balaban J connectivity index is 2.14. The van der Waals surface area contributed by atoms with Crippen molar-refractivity contribution in [3.05, 3.63) is 47.5 Å². The summed E-state index contributed by atoms with van der Waals surface area (Å²) >= 11 is 0.0737. The Kier molecular flexibility index (Phi) is 14.7. The topological polar surface area (TPSA) is 427 Å². The molecule has 3 aromatic rings. The van der Waals surface area contributed by atoms with Gasteiger partial charge in [-0.15, -0.1) is 24.8 Å². The quantitative estimate of drug-likeness (QED) is 0.0173. The van der Waals surface area contributed by atoms with E-state index in [0.29, 0.717) is 18.2 Å². The number of benzene rings is 3. The van der Waals surface area contributed by atoms with Crippen LogP contribution in [0.25, 0.3) is 0 Å². The predicted octanol–water partition coefficient (Wildman–Crippen LogP) is 2.55. The Hall–Kier alpha value is -4.29. The van der Waals surface area contributed by atoms with Crippen LogP contribution in [0.5, 0.6) is 0 Å². The predicted molar refractivity (Wildman–Crippen MR) is 188 cm³/mol. The number of sulfone groups is 2. The second-order valence-electron chi connectivity index (χ2n) is 10.4. The lowest BCUT2D eigenvalue weighted by atomic mass is 10.0. The summed E-state index contributed by atoms with van der Waals surface area (Å²) in [6.45, 7) is -0.498. The van der Waals surface area contributed by atoms with Crippen molar-refractivity contribution in [2.24, 2.45) is 20.5 Å². The fourth-order valence-electron chi connectivity index (χ4n) is 4.21. The molecule has 0 radical (unpaired) electrons. The van der Waals surface area contributed by atoms with Gasteiger partial charge < -0.3 is 16.6 Å². The lowest BCUT2D eigenvalue weighted by molar-refractivity contribution is -0.434. The van der Waals surface area contributed by atoms with Gasteiger partial charge in [0.1, 0.15) is 32.5 Å². The summed E-state index contributed by atoms with van der Waals surface area (Å²) in [6, 6.07) is 4.08. The van der Waals surface area contributed by atoms with Crippen LogP contribution in [0.2, 0.25) is 0 Å². The molecule has 32 heteroatoms. The van der Waals surface area contributed by atoms with Crippen molar-refractivity contribution in [1.29, 1.82) is 0 Å². The van der Waals surface area contributed by atoms with E-state index in [0.717, 1.165) is 25.1 Å². The van der Waals surface area contributed by atoms with Gasteiger partial charge in [0.25, 0.3) is 20.2 Å². The molecule has 56 heavy (non-hydrogen) atoms. The SMILES string of the molecule is Cc1c(N)c(N=Nc2ccc(S(=O)(=O)CCOSOOO)cc2S(=O)(=O)O)c(N)c(N=Nc2ccc(S(=O)(=O)CCOS(=O)(=O)O)cc2S(=O)(=O)O)c1C(=O)O. The third kappa shape index (κ3) is 11.9. The minimum absolute atomic E-state index is 0.0737. The summed E-state index contributed by atoms with van der Waals surface area (Å²) < 4.78 is 162. The van der Waals surface area contributed by atoms with E-state index in [-0.39, 0.29) is 17.9 Å². The number of nitrogens with two attached hydrogens (primary N) is 2. The van der Waals surface area contributed by atoms with Crippen molar-refractivity contribution in [1.82, 2.24) is 0 Å². The molecule has 0 spiro atoms. The highest BCUT2D eigenvalue weighted by Crippen LogP contribution is 2.45. The molecule has 0 atom stereocenters. The monoisotopic (exact) mass is 910 g/mol. The molecule has 26 nitrogen and oxygen atoms in total. The van der Waals surface area contributed by atoms with E-state index in [1.165, 1.54) is 0 Å². The molecule has 3 rings (SSSR count). The second kappa shape index (κ2) is 17.9. The molecule has 0 saturated heterocycles. The van der Waals surface area contributed by atoms with Gasteiger partial charge in [-0.3, -0.25) is 17.8 Å². The van der Waals surface area contributed by atoms with Crippen LogP contribution < -0.4 is 11.5 Å². The van der Waals surface area contributed by atoms with Crippen molar-refractivity contribution in [2.45, 2.75) is 26.5 Å². The van der Waals surface area contributed by atoms with Gasteiger partial charge in [-0.25, -0.2) is 31.1 Å². The Labute approximate surface area is 320 Å². The number of azo groups is 2. The number of nitrogens with zero attached hydrogens (tertiary/aromatic N) is 4. The molecule has 3 aromatic carbocycles. The summed E-state index contributed by atoms with van der Waals surface area (Å²) in [5, 5.41) is 35.9. The van der Waals surface area contributed by atoms with Crippen LogP contribution in [-0.2, 0) is 68.0 Å². The van der Waals surface area contributed by atoms with Crippen LogP contribution in [-0.4, -0.2) is 96.8 Å². The third-order valence-electron chi connectivity index (χ3n) is 6.77. The van der Waals surface area contributed by atoms with Crippen LogP contribution in [0.4, 0.5) is 34.1 Å². The van der Waals surface area contributed by atoms with E-state index in [9.17, 15) is 61.1 Å². The van der Waals surface area contributed by atoms with Gasteiger partial charge in [-0.05, 0) is 48.9 Å². The summed E-state index contributed by atoms with van der Waals surface area (Å²) in [4.78, 5) is 8.53. The van der Waals surface area contributed by atoms with Gasteiger partial charge in [-0.2, -0.15) is 25.3 Å². The first-order valence-electron chi connectivity index (χ1n) is 14.1. The number of carboxylic acid groups (broad SMARTS) is 1. The van der Waals surface area contributed by atoms with E-state index >= 15 is 0 Å². The van der Waals surface area contributed by atoms with Gasteiger partial charge in [0.15, 0.2) is 32.0 Å². The van der Waals surface area contributed by atoms with E-state index in [2.05, 4.69) is 38.2 Å². The second-order valence-corrected chi connectivity index (χ2v) is 19.0. The number of aromatic carboxylic acids is 1. The first-order chi connectivity index (χ1) is 25.7. The van der Waals surface area contributed by atoms with E-state index in [4.69, 9.17) is 21.3 Å². The molecule has 0 fully saturated rings. The van der Waals surface area contributed by atoms with Crippen molar-refractivity contribution >= 4 is 103 Å². The van der Waals surface area contributed by atoms with Crippen LogP contribution in [0, 0.1) is 6.92 Å². The van der Waals surface area contributed by atoms with E-state index < -0.39 is 140 Å². The van der Waals surface area contributed by atoms with E-state index in [1.54, 1.807) is 0 Å². The molecule has 0 bridgehead atoms. The van der Waals surface area contributed by atoms with Crippen LogP contribution >= 0.6 is 12.3 Å². The molecular weight excluding hydrogens is 885 g/mol. The molecule has 0 aromatic heterocycles. The van der Waals surface area contributed by atoms with Crippen molar-refractivity contribution < 1.29 is 88.6 Å². The minimum Gasteiger partial charge on any atom is -0.478 e. The number of anilines is 2. The highest BCUT2D eigenvalue weighted by Gasteiger charge is 2.27. The lowest BCUT2D eigenvalue weighted by Crippen LogP contribution is -2.16. The number of rotatable bonds is 19. The van der Waals surface area contributed by atoms with E-state index in [1.807, 2.05) is 0 Å². The Bertz CT molecular complexity index is 2650. The zero-order valence-corrected chi connectivity index (χ0v) is 32.4. The normalized spacial score (nSPS) is 13.2. The Morgan fingerprint density at radius 3 is 1.61 bits per heavy atom. The number of hydrogen-bond acceptors (Lipinski definition) is 23. The maximum atomic E-state index is 12.7. The molecule has 0 unspecified atom stereocenters. The zero-order valence-electron chi connectivity index (χ0n) is 27.5. The molecular formula is C24H26N6O20S6. The van der Waals surface area contributed by atoms with Gasteiger partial charge in [0.2, 0.25) is 0 Å². The highest BCUT2D eigenvalue weighted by molar-refractivity contribution is 7.92. The summed E-state index contributed by atoms with van der Waals surface area (Å²) in [5.74, 6) is -3.57.